The average Bonchev–Trinajstić information content (AvgIpc) is 2.79. The molecule has 0 amide bonds. The maximum Gasteiger partial charge on any atom is 0.335 e. The molecule has 0 bridgehead atoms. The summed E-state index contributed by atoms with van der Waals surface area (Å²) in [5.41, 5.74) is -0.450. The van der Waals surface area contributed by atoms with Crippen molar-refractivity contribution in [3.8, 4) is 0 Å². The van der Waals surface area contributed by atoms with Crippen LogP contribution in [0.2, 0.25) is 0 Å². The van der Waals surface area contributed by atoms with Crippen molar-refractivity contribution < 1.29 is 38.4 Å². The molecule has 0 aromatic rings. The fraction of sp³-hybridized carbons (Fsp3) is 0.737. The number of hydrogen-bond acceptors (Lipinski definition) is 8. The van der Waals surface area contributed by atoms with E-state index in [1.165, 1.54) is 20.8 Å². The molecule has 0 aromatic carbocycles. The molecule has 2 fully saturated rings. The predicted octanol–water partition coefficient (Wildman–Crippen LogP) is 1.10. The summed E-state index contributed by atoms with van der Waals surface area (Å²) in [4.78, 5) is 35.9. The van der Waals surface area contributed by atoms with Crippen LogP contribution in [0.1, 0.15) is 41.0 Å². The van der Waals surface area contributed by atoms with E-state index in [2.05, 4.69) is 0 Å². The van der Waals surface area contributed by atoms with Gasteiger partial charge in [0.2, 0.25) is 0 Å². The van der Waals surface area contributed by atoms with Gasteiger partial charge < -0.3 is 24.1 Å². The first-order valence-electron chi connectivity index (χ1n) is 9.09. The van der Waals surface area contributed by atoms with Crippen LogP contribution in [-0.2, 0) is 33.3 Å². The van der Waals surface area contributed by atoms with E-state index in [1.54, 1.807) is 6.92 Å². The third kappa shape index (κ3) is 2.95. The summed E-state index contributed by atoms with van der Waals surface area (Å²) in [5, 5.41) is 11.3. The highest BCUT2D eigenvalue weighted by molar-refractivity contribution is 5.77. The summed E-state index contributed by atoms with van der Waals surface area (Å²) in [5.74, 6) is -4.07. The van der Waals surface area contributed by atoms with E-state index >= 15 is 0 Å². The van der Waals surface area contributed by atoms with E-state index in [0.717, 1.165) is 0 Å². The molecule has 0 radical (unpaired) electrons. The number of esters is 3. The summed E-state index contributed by atoms with van der Waals surface area (Å²) in [6.45, 7) is 7.83. The Morgan fingerprint density at radius 2 is 1.89 bits per heavy atom. The van der Waals surface area contributed by atoms with Gasteiger partial charge in [0.15, 0.2) is 24.1 Å². The summed E-state index contributed by atoms with van der Waals surface area (Å²) >= 11 is 0. The second-order valence-corrected chi connectivity index (χ2v) is 7.91. The Hall–Kier alpha value is -1.93. The van der Waals surface area contributed by atoms with Crippen molar-refractivity contribution in [3.63, 3.8) is 0 Å². The number of cyclic esters (lactones) is 1. The van der Waals surface area contributed by atoms with Crippen LogP contribution < -0.4 is 0 Å². The number of carbonyl (C=O) groups is 3. The standard InChI is InChI=1S/C19H26O8/c1-9-6-7-19(16(26-12(4)21)14(9)25-11(3)20)13-10(2)8-24-17(22)15(13)27-18(19,5)23/h6,10,13-16,23H,7-8H2,1-5H3. The molecule has 1 spiro atoms. The Labute approximate surface area is 157 Å². The summed E-state index contributed by atoms with van der Waals surface area (Å²) < 4.78 is 22.0. The van der Waals surface area contributed by atoms with Gasteiger partial charge in [-0.2, -0.15) is 0 Å². The highest BCUT2D eigenvalue weighted by Gasteiger charge is 2.73. The molecule has 7 unspecified atom stereocenters. The predicted molar refractivity (Wildman–Crippen MR) is 91.0 cm³/mol. The molecule has 3 rings (SSSR count). The Bertz CT molecular complexity index is 696. The topological polar surface area (TPSA) is 108 Å². The van der Waals surface area contributed by atoms with Gasteiger partial charge in [-0.1, -0.05) is 13.0 Å². The van der Waals surface area contributed by atoms with Crippen LogP contribution in [-0.4, -0.2) is 53.7 Å². The van der Waals surface area contributed by atoms with Crippen molar-refractivity contribution in [1.82, 2.24) is 0 Å². The van der Waals surface area contributed by atoms with Gasteiger partial charge in [0.1, 0.15) is 0 Å². The van der Waals surface area contributed by atoms with Crippen molar-refractivity contribution in [2.24, 2.45) is 17.3 Å². The van der Waals surface area contributed by atoms with Gasteiger partial charge in [-0.15, -0.1) is 0 Å². The number of fused-ring (bicyclic) bond motifs is 2. The molecule has 2 saturated heterocycles. The second-order valence-electron chi connectivity index (χ2n) is 7.91. The fourth-order valence-corrected chi connectivity index (χ4v) is 4.94. The van der Waals surface area contributed by atoms with Crippen LogP contribution in [0.5, 0.6) is 0 Å². The molecule has 150 valence electrons. The number of rotatable bonds is 2. The minimum absolute atomic E-state index is 0.149. The summed E-state index contributed by atoms with van der Waals surface area (Å²) in [6.07, 6.45) is -0.700. The number of allylic oxidation sites excluding steroid dienone is 1. The highest BCUT2D eigenvalue weighted by Crippen LogP contribution is 2.61. The largest absolute Gasteiger partial charge is 0.463 e. The first-order valence-corrected chi connectivity index (χ1v) is 9.09. The lowest BCUT2D eigenvalue weighted by molar-refractivity contribution is -0.264. The van der Waals surface area contributed by atoms with Crippen molar-refractivity contribution >= 4 is 17.9 Å². The first-order chi connectivity index (χ1) is 12.5. The monoisotopic (exact) mass is 382 g/mol. The molecular formula is C19H26O8. The molecule has 2 heterocycles. The van der Waals surface area contributed by atoms with Crippen LogP contribution in [0.25, 0.3) is 0 Å². The van der Waals surface area contributed by atoms with Gasteiger partial charge in [0.25, 0.3) is 0 Å². The number of aliphatic hydroxyl groups is 1. The zero-order valence-corrected chi connectivity index (χ0v) is 16.2. The van der Waals surface area contributed by atoms with Gasteiger partial charge >= 0.3 is 17.9 Å². The van der Waals surface area contributed by atoms with Crippen molar-refractivity contribution in [1.29, 1.82) is 0 Å². The maximum absolute atomic E-state index is 12.3. The molecule has 0 saturated carbocycles. The first kappa shape index (κ1) is 19.8. The highest BCUT2D eigenvalue weighted by atomic mass is 16.7. The van der Waals surface area contributed by atoms with Crippen LogP contribution in [0.15, 0.2) is 11.6 Å². The van der Waals surface area contributed by atoms with Crippen LogP contribution in [0.3, 0.4) is 0 Å². The average molecular weight is 382 g/mol. The Kier molecular flexibility index (Phi) is 4.84. The van der Waals surface area contributed by atoms with Gasteiger partial charge in [0, 0.05) is 19.8 Å². The molecule has 27 heavy (non-hydrogen) atoms. The van der Waals surface area contributed by atoms with E-state index in [-0.39, 0.29) is 12.5 Å². The third-order valence-electron chi connectivity index (χ3n) is 6.05. The summed E-state index contributed by atoms with van der Waals surface area (Å²) in [6, 6.07) is 0. The smallest absolute Gasteiger partial charge is 0.335 e. The molecule has 8 heteroatoms. The molecule has 8 nitrogen and oxygen atoms in total. The second kappa shape index (κ2) is 6.60. The van der Waals surface area contributed by atoms with Crippen molar-refractivity contribution in [3.05, 3.63) is 11.6 Å². The minimum Gasteiger partial charge on any atom is -0.463 e. The van der Waals surface area contributed by atoms with Gasteiger partial charge in [-0.25, -0.2) is 4.79 Å². The van der Waals surface area contributed by atoms with Crippen LogP contribution in [0.4, 0.5) is 0 Å². The van der Waals surface area contributed by atoms with Crippen molar-refractivity contribution in [2.75, 3.05) is 6.61 Å². The Balaban J connectivity index is 2.17. The van der Waals surface area contributed by atoms with Gasteiger partial charge in [-0.05, 0) is 31.8 Å². The summed E-state index contributed by atoms with van der Waals surface area (Å²) in [7, 11) is 0. The number of carbonyl (C=O) groups excluding carboxylic acids is 3. The van der Waals surface area contributed by atoms with Crippen LogP contribution in [0, 0.1) is 17.3 Å². The molecule has 2 aliphatic heterocycles. The molecular weight excluding hydrogens is 356 g/mol. The third-order valence-corrected chi connectivity index (χ3v) is 6.05. The minimum atomic E-state index is -1.80. The van der Waals surface area contributed by atoms with E-state index in [4.69, 9.17) is 18.9 Å². The number of ether oxygens (including phenoxy) is 4. The fourth-order valence-electron chi connectivity index (χ4n) is 4.94. The molecule has 3 aliphatic rings. The van der Waals surface area contributed by atoms with E-state index in [9.17, 15) is 19.5 Å². The lowest BCUT2D eigenvalue weighted by Gasteiger charge is -2.52. The zero-order valence-electron chi connectivity index (χ0n) is 16.2. The van der Waals surface area contributed by atoms with Gasteiger partial charge in [-0.3, -0.25) is 9.59 Å². The number of hydrogen-bond donors (Lipinski definition) is 1. The lowest BCUT2D eigenvalue weighted by Crippen LogP contribution is -2.63. The maximum atomic E-state index is 12.3. The normalized spacial score (nSPS) is 43.6. The lowest BCUT2D eigenvalue weighted by atomic mass is 9.56. The zero-order chi connectivity index (χ0) is 20.1. The van der Waals surface area contributed by atoms with E-state index < -0.39 is 53.3 Å². The molecule has 1 N–H and O–H groups in total. The van der Waals surface area contributed by atoms with E-state index in [0.29, 0.717) is 12.0 Å². The molecule has 1 aliphatic carbocycles. The van der Waals surface area contributed by atoms with E-state index in [1.807, 2.05) is 13.0 Å². The quantitative estimate of drug-likeness (QED) is 0.430. The Morgan fingerprint density at radius 3 is 2.48 bits per heavy atom. The Morgan fingerprint density at radius 1 is 1.26 bits per heavy atom. The van der Waals surface area contributed by atoms with Gasteiger partial charge in [0.05, 0.1) is 12.0 Å². The van der Waals surface area contributed by atoms with Crippen molar-refractivity contribution in [2.45, 2.75) is 65.1 Å². The van der Waals surface area contributed by atoms with Crippen LogP contribution >= 0.6 is 0 Å². The molecule has 7 atom stereocenters. The molecule has 0 aromatic heterocycles. The SMILES string of the molecule is CC(=O)OC1C(C)=CCC2(C1OC(C)=O)C1C(C)COC(=O)C1OC2(C)O.